The molecule has 3 N–H and O–H groups in total. The Morgan fingerprint density at radius 2 is 2.06 bits per heavy atom. The minimum Gasteiger partial charge on any atom is -0.401 e. The summed E-state index contributed by atoms with van der Waals surface area (Å²) in [6.45, 7) is 1.65. The van der Waals surface area contributed by atoms with Gasteiger partial charge in [-0.05, 0) is 24.8 Å². The molecule has 0 radical (unpaired) electrons. The molecular weight excluding hydrogens is 212 g/mol. The molecule has 0 saturated carbocycles. The summed E-state index contributed by atoms with van der Waals surface area (Å²) in [5.41, 5.74) is 9.42. The highest BCUT2D eigenvalue weighted by molar-refractivity contribution is 5.30. The van der Waals surface area contributed by atoms with Gasteiger partial charge in [0.05, 0.1) is 12.3 Å². The average molecular weight is 230 g/mol. The third kappa shape index (κ3) is 2.03. The summed E-state index contributed by atoms with van der Waals surface area (Å²) >= 11 is 0. The Kier molecular flexibility index (Phi) is 2.56. The van der Waals surface area contributed by atoms with Crippen LogP contribution in [0.2, 0.25) is 0 Å². The maximum atomic E-state index is 6.10. The summed E-state index contributed by atoms with van der Waals surface area (Å²) in [5.74, 6) is 0. The fourth-order valence-electron chi connectivity index (χ4n) is 2.54. The second-order valence-corrected chi connectivity index (χ2v) is 4.88. The van der Waals surface area contributed by atoms with E-state index in [1.54, 1.807) is 0 Å². The summed E-state index contributed by atoms with van der Waals surface area (Å²) in [6, 6.07) is 10.4. The number of nitrogens with one attached hydrogen (secondary N) is 1. The molecule has 0 aromatic heterocycles. The third-order valence-corrected chi connectivity index (χ3v) is 3.61. The summed E-state index contributed by atoms with van der Waals surface area (Å²) < 4.78 is 5.61. The highest BCUT2D eigenvalue weighted by Gasteiger charge is 2.50. The van der Waals surface area contributed by atoms with Gasteiger partial charge in [-0.25, -0.2) is 0 Å². The smallest absolute Gasteiger partial charge is 0.132 e. The normalized spacial score (nSPS) is 27.3. The summed E-state index contributed by atoms with van der Waals surface area (Å²) in [5, 5.41) is 3.47. The molecule has 1 aromatic carbocycles. The molecule has 3 nitrogen and oxygen atoms in total. The number of nitrogens with two attached hydrogens (primary N) is 1. The van der Waals surface area contributed by atoms with E-state index in [2.05, 4.69) is 29.6 Å². The van der Waals surface area contributed by atoms with E-state index in [4.69, 9.17) is 10.5 Å². The fraction of sp³-hybridized carbons (Fsp3) is 0.429. The van der Waals surface area contributed by atoms with Crippen molar-refractivity contribution in [3.05, 3.63) is 47.3 Å². The molecule has 1 heterocycles. The van der Waals surface area contributed by atoms with E-state index in [0.29, 0.717) is 0 Å². The van der Waals surface area contributed by atoms with Crippen LogP contribution in [0.5, 0.6) is 0 Å². The van der Waals surface area contributed by atoms with E-state index in [-0.39, 0.29) is 5.60 Å². The van der Waals surface area contributed by atoms with Crippen LogP contribution >= 0.6 is 0 Å². The molecule has 1 aliphatic carbocycles. The van der Waals surface area contributed by atoms with Gasteiger partial charge in [0.25, 0.3) is 0 Å². The topological polar surface area (TPSA) is 50.6 Å². The first-order valence-corrected chi connectivity index (χ1v) is 6.21. The molecule has 3 heteroatoms. The zero-order chi connectivity index (χ0) is 11.7. The van der Waals surface area contributed by atoms with Crippen molar-refractivity contribution in [2.75, 3.05) is 6.61 Å². The number of hydrogen-bond acceptors (Lipinski definition) is 3. The van der Waals surface area contributed by atoms with E-state index in [1.165, 1.54) is 5.56 Å². The zero-order valence-corrected chi connectivity index (χ0v) is 9.91. The second-order valence-electron chi connectivity index (χ2n) is 4.88. The summed E-state index contributed by atoms with van der Waals surface area (Å²) in [6.07, 6.45) is 3.23. The minimum absolute atomic E-state index is 0.0584. The Morgan fingerprint density at radius 1 is 1.29 bits per heavy atom. The van der Waals surface area contributed by atoms with Crippen LogP contribution in [0.25, 0.3) is 0 Å². The van der Waals surface area contributed by atoms with E-state index in [9.17, 15) is 0 Å². The van der Waals surface area contributed by atoms with Gasteiger partial charge in [-0.1, -0.05) is 30.3 Å². The molecule has 0 amide bonds. The van der Waals surface area contributed by atoms with E-state index in [1.807, 2.05) is 6.07 Å². The van der Waals surface area contributed by atoms with Crippen LogP contribution in [0.3, 0.4) is 0 Å². The zero-order valence-electron chi connectivity index (χ0n) is 9.91. The molecule has 1 fully saturated rings. The lowest BCUT2D eigenvalue weighted by atomic mass is 9.90. The molecule has 1 aromatic rings. The Bertz CT molecular complexity index is 435. The number of benzene rings is 1. The highest BCUT2D eigenvalue weighted by atomic mass is 16.6. The van der Waals surface area contributed by atoms with Crippen LogP contribution in [0.15, 0.2) is 41.7 Å². The van der Waals surface area contributed by atoms with Gasteiger partial charge in [0, 0.05) is 12.2 Å². The SMILES string of the molecule is NC1=C(NCc2ccccc2)[C@]2(CCC1)CO2. The van der Waals surface area contributed by atoms with Crippen LogP contribution < -0.4 is 11.1 Å². The van der Waals surface area contributed by atoms with Crippen molar-refractivity contribution in [1.82, 2.24) is 5.32 Å². The number of ether oxygens (including phenoxy) is 1. The monoisotopic (exact) mass is 230 g/mol. The lowest BCUT2D eigenvalue weighted by Crippen LogP contribution is -2.33. The molecule has 0 bridgehead atoms. The minimum atomic E-state index is -0.0584. The van der Waals surface area contributed by atoms with E-state index < -0.39 is 0 Å². The van der Waals surface area contributed by atoms with Crippen LogP contribution in [-0.2, 0) is 11.3 Å². The quantitative estimate of drug-likeness (QED) is 0.780. The average Bonchev–Trinajstić information content (AvgIpc) is 3.10. The van der Waals surface area contributed by atoms with Crippen LogP contribution in [0, 0.1) is 0 Å². The summed E-state index contributed by atoms with van der Waals surface area (Å²) in [7, 11) is 0. The number of allylic oxidation sites excluding steroid dienone is 1. The molecule has 3 rings (SSSR count). The van der Waals surface area contributed by atoms with Crippen molar-refractivity contribution in [1.29, 1.82) is 0 Å². The Labute approximate surface area is 102 Å². The molecule has 1 atom stereocenters. The number of hydrogen-bond donors (Lipinski definition) is 2. The predicted molar refractivity (Wildman–Crippen MR) is 67.0 cm³/mol. The first-order chi connectivity index (χ1) is 8.30. The van der Waals surface area contributed by atoms with E-state index >= 15 is 0 Å². The van der Waals surface area contributed by atoms with Crippen molar-refractivity contribution in [3.8, 4) is 0 Å². The van der Waals surface area contributed by atoms with Crippen molar-refractivity contribution in [2.24, 2.45) is 5.73 Å². The van der Waals surface area contributed by atoms with Crippen molar-refractivity contribution in [2.45, 2.75) is 31.4 Å². The molecule has 2 aliphatic rings. The molecule has 1 saturated heterocycles. The predicted octanol–water partition coefficient (Wildman–Crippen LogP) is 1.90. The fourth-order valence-corrected chi connectivity index (χ4v) is 2.54. The Hall–Kier alpha value is -1.48. The number of rotatable bonds is 3. The number of epoxide rings is 1. The van der Waals surface area contributed by atoms with Gasteiger partial charge in [-0.2, -0.15) is 0 Å². The van der Waals surface area contributed by atoms with Crippen LogP contribution in [0.4, 0.5) is 0 Å². The Balaban J connectivity index is 1.72. The molecule has 17 heavy (non-hydrogen) atoms. The first-order valence-electron chi connectivity index (χ1n) is 6.21. The largest absolute Gasteiger partial charge is 0.401 e. The standard InChI is InChI=1S/C14H18N2O/c15-12-7-4-8-14(10-17-14)13(12)16-9-11-5-2-1-3-6-11/h1-3,5-6,16H,4,7-10,15H2/t14-/m0/s1. The molecule has 0 unspecified atom stereocenters. The first kappa shape index (κ1) is 10.7. The van der Waals surface area contributed by atoms with Crippen LogP contribution in [0.1, 0.15) is 24.8 Å². The highest BCUT2D eigenvalue weighted by Crippen LogP contribution is 2.43. The molecular formula is C14H18N2O. The lowest BCUT2D eigenvalue weighted by Gasteiger charge is -2.25. The van der Waals surface area contributed by atoms with Crippen LogP contribution in [-0.4, -0.2) is 12.2 Å². The van der Waals surface area contributed by atoms with E-state index in [0.717, 1.165) is 43.8 Å². The van der Waals surface area contributed by atoms with Gasteiger partial charge < -0.3 is 15.8 Å². The molecule has 1 aliphatic heterocycles. The van der Waals surface area contributed by atoms with Crippen molar-refractivity contribution < 1.29 is 4.74 Å². The van der Waals surface area contributed by atoms with Gasteiger partial charge in [0.15, 0.2) is 0 Å². The maximum Gasteiger partial charge on any atom is 0.132 e. The van der Waals surface area contributed by atoms with Gasteiger partial charge in [-0.15, -0.1) is 0 Å². The van der Waals surface area contributed by atoms with Gasteiger partial charge in [-0.3, -0.25) is 0 Å². The van der Waals surface area contributed by atoms with Gasteiger partial charge in [0.2, 0.25) is 0 Å². The third-order valence-electron chi connectivity index (χ3n) is 3.61. The van der Waals surface area contributed by atoms with Gasteiger partial charge >= 0.3 is 0 Å². The molecule has 1 spiro atoms. The lowest BCUT2D eigenvalue weighted by molar-refractivity contribution is 0.294. The maximum absolute atomic E-state index is 6.10. The van der Waals surface area contributed by atoms with Crippen molar-refractivity contribution >= 4 is 0 Å². The second kappa shape index (κ2) is 4.08. The van der Waals surface area contributed by atoms with Crippen molar-refractivity contribution in [3.63, 3.8) is 0 Å². The molecule has 90 valence electrons. The Morgan fingerprint density at radius 3 is 2.76 bits per heavy atom. The summed E-state index contributed by atoms with van der Waals surface area (Å²) in [4.78, 5) is 0. The van der Waals surface area contributed by atoms with Gasteiger partial charge in [0.1, 0.15) is 5.60 Å².